The molecule has 0 atom stereocenters. The minimum absolute atomic E-state index is 0.0925. The maximum Gasteiger partial charge on any atom is 0.325 e. The highest BCUT2D eigenvalue weighted by atomic mass is 35.5. The standard InChI is InChI=1S/C18H13ClN2O5S/c1-24-16(22)8-21-12-6-13-14(26-9-25-13)7-15(12)27-18(21)20-17(23)10-4-2-3-5-11(10)19/h2-7H,8-9H2,1H3. The Morgan fingerprint density at radius 1 is 1.26 bits per heavy atom. The van der Waals surface area contributed by atoms with E-state index in [1.165, 1.54) is 18.4 Å². The third-order valence-electron chi connectivity index (χ3n) is 3.99. The van der Waals surface area contributed by atoms with Gasteiger partial charge in [0.05, 0.1) is 27.9 Å². The van der Waals surface area contributed by atoms with Gasteiger partial charge < -0.3 is 18.8 Å². The van der Waals surface area contributed by atoms with Crippen molar-refractivity contribution in [3.63, 3.8) is 0 Å². The first-order chi connectivity index (χ1) is 13.1. The van der Waals surface area contributed by atoms with Gasteiger partial charge in [0.2, 0.25) is 6.79 Å². The number of nitrogens with zero attached hydrogens (tertiary/aromatic N) is 2. The molecule has 1 aromatic heterocycles. The molecule has 3 aromatic rings. The van der Waals surface area contributed by atoms with Gasteiger partial charge in [-0.25, -0.2) is 0 Å². The summed E-state index contributed by atoms with van der Waals surface area (Å²) in [5.41, 5.74) is 0.982. The molecule has 2 aromatic carbocycles. The highest BCUT2D eigenvalue weighted by Gasteiger charge is 2.19. The van der Waals surface area contributed by atoms with Crippen LogP contribution in [0, 0.1) is 0 Å². The summed E-state index contributed by atoms with van der Waals surface area (Å²) in [5, 5.41) is 0.313. The summed E-state index contributed by atoms with van der Waals surface area (Å²) in [7, 11) is 1.30. The zero-order valence-corrected chi connectivity index (χ0v) is 15.7. The van der Waals surface area contributed by atoms with Crippen LogP contribution in [0.5, 0.6) is 11.5 Å². The Bertz CT molecular complexity index is 1130. The number of halogens is 1. The minimum Gasteiger partial charge on any atom is -0.468 e. The Balaban J connectivity index is 1.88. The van der Waals surface area contributed by atoms with Crippen molar-refractivity contribution in [2.45, 2.75) is 6.54 Å². The summed E-state index contributed by atoms with van der Waals surface area (Å²) in [4.78, 5) is 29.0. The lowest BCUT2D eigenvalue weighted by molar-refractivity contribution is -0.141. The van der Waals surface area contributed by atoms with Gasteiger partial charge in [-0.05, 0) is 12.1 Å². The lowest BCUT2D eigenvalue weighted by Crippen LogP contribution is -2.22. The van der Waals surface area contributed by atoms with E-state index >= 15 is 0 Å². The van der Waals surface area contributed by atoms with Gasteiger partial charge in [0.15, 0.2) is 16.3 Å². The number of thiazole rings is 1. The first-order valence-electron chi connectivity index (χ1n) is 7.90. The number of ether oxygens (including phenoxy) is 3. The molecular weight excluding hydrogens is 392 g/mol. The molecule has 0 radical (unpaired) electrons. The maximum absolute atomic E-state index is 12.6. The number of esters is 1. The number of methoxy groups -OCH3 is 1. The van der Waals surface area contributed by atoms with Crippen LogP contribution >= 0.6 is 22.9 Å². The zero-order chi connectivity index (χ0) is 19.0. The molecule has 0 fully saturated rings. The summed E-state index contributed by atoms with van der Waals surface area (Å²) in [6.45, 7) is 0.0522. The number of hydrogen-bond acceptors (Lipinski definition) is 6. The summed E-state index contributed by atoms with van der Waals surface area (Å²) < 4.78 is 18.0. The molecule has 0 saturated carbocycles. The molecule has 1 aliphatic rings. The van der Waals surface area contributed by atoms with Gasteiger partial charge in [-0.2, -0.15) is 4.99 Å². The van der Waals surface area contributed by atoms with Crippen LogP contribution in [0.3, 0.4) is 0 Å². The second-order valence-corrected chi connectivity index (χ2v) is 7.03. The van der Waals surface area contributed by atoms with E-state index in [-0.39, 0.29) is 18.9 Å². The topological polar surface area (TPSA) is 79.1 Å². The number of carbonyl (C=O) groups is 2. The molecule has 0 bridgehead atoms. The zero-order valence-electron chi connectivity index (χ0n) is 14.1. The summed E-state index contributed by atoms with van der Waals surface area (Å²) in [6, 6.07) is 10.2. The number of hydrogen-bond donors (Lipinski definition) is 0. The molecule has 9 heteroatoms. The number of fused-ring (bicyclic) bond motifs is 2. The van der Waals surface area contributed by atoms with Crippen LogP contribution in [0.2, 0.25) is 5.02 Å². The van der Waals surface area contributed by atoms with E-state index in [2.05, 4.69) is 4.99 Å². The Hall–Kier alpha value is -2.84. The highest BCUT2D eigenvalue weighted by molar-refractivity contribution is 7.16. The second-order valence-electron chi connectivity index (χ2n) is 5.62. The first-order valence-corrected chi connectivity index (χ1v) is 9.09. The molecule has 1 aliphatic heterocycles. The van der Waals surface area contributed by atoms with E-state index in [1.807, 2.05) is 0 Å². The number of rotatable bonds is 3. The van der Waals surface area contributed by atoms with Crippen LogP contribution in [-0.2, 0) is 16.1 Å². The molecule has 27 heavy (non-hydrogen) atoms. The number of carbonyl (C=O) groups excluding carboxylic acids is 2. The Kier molecular flexibility index (Phi) is 4.59. The van der Waals surface area contributed by atoms with Crippen molar-refractivity contribution < 1.29 is 23.8 Å². The molecule has 0 spiro atoms. The fourth-order valence-corrected chi connectivity index (χ4v) is 3.93. The molecule has 1 amide bonds. The molecule has 0 N–H and O–H groups in total. The summed E-state index contributed by atoms with van der Waals surface area (Å²) >= 11 is 7.35. The van der Waals surface area contributed by atoms with Crippen LogP contribution in [0.25, 0.3) is 10.2 Å². The number of aromatic nitrogens is 1. The Morgan fingerprint density at radius 2 is 2.00 bits per heavy atom. The van der Waals surface area contributed by atoms with Crippen LogP contribution < -0.4 is 14.3 Å². The largest absolute Gasteiger partial charge is 0.468 e. The predicted molar refractivity (Wildman–Crippen MR) is 99.3 cm³/mol. The van der Waals surface area contributed by atoms with Crippen molar-refractivity contribution >= 4 is 45.0 Å². The van der Waals surface area contributed by atoms with Gasteiger partial charge in [-0.3, -0.25) is 9.59 Å². The van der Waals surface area contributed by atoms with Crippen molar-refractivity contribution in [2.24, 2.45) is 4.99 Å². The Labute approximate surface area is 162 Å². The molecule has 0 unspecified atom stereocenters. The van der Waals surface area contributed by atoms with Crippen LogP contribution in [0.1, 0.15) is 10.4 Å². The lowest BCUT2D eigenvalue weighted by Gasteiger charge is -2.04. The fraction of sp³-hybridized carbons (Fsp3) is 0.167. The first kappa shape index (κ1) is 17.6. The molecule has 0 saturated heterocycles. The third kappa shape index (κ3) is 3.29. The van der Waals surface area contributed by atoms with Gasteiger partial charge in [-0.15, -0.1) is 0 Å². The highest BCUT2D eigenvalue weighted by Crippen LogP contribution is 2.37. The van der Waals surface area contributed by atoms with E-state index in [0.29, 0.717) is 26.8 Å². The normalized spacial score (nSPS) is 13.2. The molecule has 0 aliphatic carbocycles. The summed E-state index contributed by atoms with van der Waals surface area (Å²) in [6.07, 6.45) is 0. The van der Waals surface area contributed by atoms with Crippen LogP contribution in [0.4, 0.5) is 0 Å². The van der Waals surface area contributed by atoms with Crippen LogP contribution in [0.15, 0.2) is 41.4 Å². The van der Waals surface area contributed by atoms with Gasteiger partial charge in [0, 0.05) is 12.1 Å². The van der Waals surface area contributed by atoms with Crippen molar-refractivity contribution in [3.05, 3.63) is 51.8 Å². The molecular formula is C18H13ClN2O5S. The number of benzene rings is 2. The van der Waals surface area contributed by atoms with Crippen molar-refractivity contribution in [1.29, 1.82) is 0 Å². The van der Waals surface area contributed by atoms with Crippen molar-refractivity contribution in [1.82, 2.24) is 4.57 Å². The summed E-state index contributed by atoms with van der Waals surface area (Å²) in [5.74, 6) is 0.227. The predicted octanol–water partition coefficient (Wildman–Crippen LogP) is 3.00. The molecule has 7 nitrogen and oxygen atoms in total. The van der Waals surface area contributed by atoms with Gasteiger partial charge in [0.1, 0.15) is 6.54 Å². The van der Waals surface area contributed by atoms with Gasteiger partial charge in [-0.1, -0.05) is 35.1 Å². The fourth-order valence-electron chi connectivity index (χ4n) is 2.67. The average Bonchev–Trinajstić information content (AvgIpc) is 3.24. The van der Waals surface area contributed by atoms with E-state index in [4.69, 9.17) is 25.8 Å². The SMILES string of the molecule is COC(=O)Cn1c(=NC(=O)c2ccccc2Cl)sc2cc3c(cc21)OCO3. The number of amides is 1. The Morgan fingerprint density at radius 3 is 2.74 bits per heavy atom. The van der Waals surface area contributed by atoms with Crippen molar-refractivity contribution in [2.75, 3.05) is 13.9 Å². The van der Waals surface area contributed by atoms with E-state index < -0.39 is 11.9 Å². The van der Waals surface area contributed by atoms with Crippen LogP contribution in [-0.4, -0.2) is 30.3 Å². The smallest absolute Gasteiger partial charge is 0.325 e. The van der Waals surface area contributed by atoms with E-state index in [9.17, 15) is 9.59 Å². The van der Waals surface area contributed by atoms with E-state index in [0.717, 1.165) is 4.70 Å². The molecule has 138 valence electrons. The second kappa shape index (κ2) is 7.05. The van der Waals surface area contributed by atoms with Gasteiger partial charge in [0.25, 0.3) is 5.91 Å². The van der Waals surface area contributed by atoms with Gasteiger partial charge >= 0.3 is 5.97 Å². The molecule has 4 rings (SSSR count). The van der Waals surface area contributed by atoms with Crippen molar-refractivity contribution in [3.8, 4) is 11.5 Å². The monoisotopic (exact) mass is 404 g/mol. The third-order valence-corrected chi connectivity index (χ3v) is 5.36. The van der Waals surface area contributed by atoms with E-state index in [1.54, 1.807) is 41.0 Å². The quantitative estimate of drug-likeness (QED) is 0.627. The maximum atomic E-state index is 12.6. The lowest BCUT2D eigenvalue weighted by atomic mass is 10.2. The average molecular weight is 405 g/mol. The minimum atomic E-state index is -0.495. The molecule has 2 heterocycles.